The van der Waals surface area contributed by atoms with Crippen molar-refractivity contribution in [3.8, 4) is 0 Å². The maximum atomic E-state index is 12.7. The molecule has 1 rings (SSSR count). The van der Waals surface area contributed by atoms with Gasteiger partial charge in [0.2, 0.25) is 0 Å². The summed E-state index contributed by atoms with van der Waals surface area (Å²) in [4.78, 5) is 11.5. The number of ether oxygens (including phenoxy) is 1. The molecule has 0 saturated carbocycles. The van der Waals surface area contributed by atoms with Gasteiger partial charge in [-0.15, -0.1) is 0 Å². The van der Waals surface area contributed by atoms with E-state index in [1.165, 1.54) is 25.3 Å². The molecule has 100 valence electrons. The summed E-state index contributed by atoms with van der Waals surface area (Å²) in [6.45, 7) is 0.437. The Morgan fingerprint density at radius 3 is 2.56 bits per heavy atom. The van der Waals surface area contributed by atoms with Gasteiger partial charge in [0.15, 0.2) is 0 Å². The summed E-state index contributed by atoms with van der Waals surface area (Å²) < 4.78 is 42.8. The molecule has 1 aromatic carbocycles. The van der Waals surface area contributed by atoms with Gasteiger partial charge in [0.05, 0.1) is 5.56 Å². The molecule has 0 spiro atoms. The number of Topliss-reactive ketones (excluding diaryl/α,β-unsaturated/α-hetero) is 1. The third kappa shape index (κ3) is 4.49. The maximum Gasteiger partial charge on any atom is 0.416 e. The third-order valence-electron chi connectivity index (χ3n) is 2.51. The van der Waals surface area contributed by atoms with Crippen molar-refractivity contribution in [3.63, 3.8) is 0 Å². The minimum Gasteiger partial charge on any atom is -0.385 e. The molecule has 0 radical (unpaired) electrons. The van der Waals surface area contributed by atoms with Crippen LogP contribution in [-0.2, 0) is 22.1 Å². The second kappa shape index (κ2) is 6.54. The van der Waals surface area contributed by atoms with E-state index in [0.717, 1.165) is 6.07 Å². The highest BCUT2D eigenvalue weighted by Crippen LogP contribution is 2.32. The normalized spacial score (nSPS) is 11.6. The fourth-order valence-electron chi connectivity index (χ4n) is 1.67. The van der Waals surface area contributed by atoms with Gasteiger partial charge in [-0.05, 0) is 18.1 Å². The molecule has 0 aliphatic rings. The van der Waals surface area contributed by atoms with Gasteiger partial charge in [0, 0.05) is 26.6 Å². The SMILES string of the molecule is COCCCC(=O)Cc1ccccc1C(F)(F)F. The van der Waals surface area contributed by atoms with Crippen LogP contribution in [0.5, 0.6) is 0 Å². The zero-order chi connectivity index (χ0) is 13.6. The van der Waals surface area contributed by atoms with Crippen LogP contribution in [0.1, 0.15) is 24.0 Å². The van der Waals surface area contributed by atoms with Crippen LogP contribution in [0.4, 0.5) is 13.2 Å². The zero-order valence-electron chi connectivity index (χ0n) is 10.1. The Kier molecular flexibility index (Phi) is 5.34. The highest BCUT2D eigenvalue weighted by atomic mass is 19.4. The molecule has 0 amide bonds. The second-order valence-electron chi connectivity index (χ2n) is 3.97. The number of benzene rings is 1. The van der Waals surface area contributed by atoms with Crippen molar-refractivity contribution in [2.24, 2.45) is 0 Å². The van der Waals surface area contributed by atoms with Gasteiger partial charge in [0.1, 0.15) is 5.78 Å². The molecule has 2 nitrogen and oxygen atoms in total. The number of methoxy groups -OCH3 is 1. The maximum absolute atomic E-state index is 12.7. The number of alkyl halides is 3. The molecular formula is C13H15F3O2. The van der Waals surface area contributed by atoms with Crippen LogP contribution < -0.4 is 0 Å². The van der Waals surface area contributed by atoms with Crippen LogP contribution >= 0.6 is 0 Å². The van der Waals surface area contributed by atoms with E-state index in [0.29, 0.717) is 13.0 Å². The molecule has 5 heteroatoms. The molecule has 0 atom stereocenters. The van der Waals surface area contributed by atoms with E-state index in [1.807, 2.05) is 0 Å². The highest BCUT2D eigenvalue weighted by molar-refractivity contribution is 5.81. The van der Waals surface area contributed by atoms with Crippen LogP contribution in [0.15, 0.2) is 24.3 Å². The van der Waals surface area contributed by atoms with Gasteiger partial charge in [-0.3, -0.25) is 4.79 Å². The summed E-state index contributed by atoms with van der Waals surface area (Å²) in [6.07, 6.45) is -3.83. The quantitative estimate of drug-likeness (QED) is 0.734. The predicted molar refractivity (Wildman–Crippen MR) is 61.3 cm³/mol. The van der Waals surface area contributed by atoms with Crippen LogP contribution in [-0.4, -0.2) is 19.5 Å². The van der Waals surface area contributed by atoms with E-state index in [9.17, 15) is 18.0 Å². The number of hydrogen-bond donors (Lipinski definition) is 0. The summed E-state index contributed by atoms with van der Waals surface area (Å²) in [5.41, 5.74) is -0.697. The number of hydrogen-bond acceptors (Lipinski definition) is 2. The van der Waals surface area contributed by atoms with Crippen molar-refractivity contribution in [3.05, 3.63) is 35.4 Å². The van der Waals surface area contributed by atoms with Gasteiger partial charge in [-0.1, -0.05) is 18.2 Å². The minimum absolute atomic E-state index is 0.0346. The lowest BCUT2D eigenvalue weighted by molar-refractivity contribution is -0.138. The molecule has 0 heterocycles. The number of carbonyl (C=O) groups is 1. The Morgan fingerprint density at radius 1 is 1.28 bits per heavy atom. The topological polar surface area (TPSA) is 26.3 Å². The van der Waals surface area contributed by atoms with Gasteiger partial charge in [-0.25, -0.2) is 0 Å². The van der Waals surface area contributed by atoms with Gasteiger partial charge in [0.25, 0.3) is 0 Å². The van der Waals surface area contributed by atoms with Gasteiger partial charge >= 0.3 is 6.18 Å². The largest absolute Gasteiger partial charge is 0.416 e. The lowest BCUT2D eigenvalue weighted by Gasteiger charge is -2.11. The lowest BCUT2D eigenvalue weighted by atomic mass is 10.00. The van der Waals surface area contributed by atoms with Crippen molar-refractivity contribution in [2.45, 2.75) is 25.4 Å². The Labute approximate surface area is 104 Å². The molecule has 0 saturated heterocycles. The summed E-state index contributed by atoms with van der Waals surface area (Å²) >= 11 is 0. The first kappa shape index (κ1) is 14.7. The number of ketones is 1. The van der Waals surface area contributed by atoms with E-state index in [2.05, 4.69) is 0 Å². The van der Waals surface area contributed by atoms with Crippen molar-refractivity contribution in [1.82, 2.24) is 0 Å². The molecule has 0 fully saturated rings. The fraction of sp³-hybridized carbons (Fsp3) is 0.462. The monoisotopic (exact) mass is 260 g/mol. The van der Waals surface area contributed by atoms with Crippen molar-refractivity contribution < 1.29 is 22.7 Å². The first-order valence-corrected chi connectivity index (χ1v) is 5.61. The molecule has 0 aromatic heterocycles. The molecule has 0 N–H and O–H groups in total. The average molecular weight is 260 g/mol. The van der Waals surface area contributed by atoms with Crippen LogP contribution in [0.25, 0.3) is 0 Å². The molecule has 18 heavy (non-hydrogen) atoms. The fourth-order valence-corrected chi connectivity index (χ4v) is 1.67. The summed E-state index contributed by atoms with van der Waals surface area (Å²) in [5.74, 6) is -0.205. The summed E-state index contributed by atoms with van der Waals surface area (Å²) in [6, 6.07) is 5.17. The Bertz CT molecular complexity index is 399. The lowest BCUT2D eigenvalue weighted by Crippen LogP contribution is -2.12. The zero-order valence-corrected chi connectivity index (χ0v) is 10.1. The Balaban J connectivity index is 2.70. The van der Waals surface area contributed by atoms with Crippen molar-refractivity contribution >= 4 is 5.78 Å². The molecular weight excluding hydrogens is 245 g/mol. The molecule has 0 bridgehead atoms. The number of rotatable bonds is 6. The third-order valence-corrected chi connectivity index (χ3v) is 2.51. The molecule has 1 aromatic rings. The van der Waals surface area contributed by atoms with Gasteiger partial charge in [-0.2, -0.15) is 13.2 Å². The average Bonchev–Trinajstić information content (AvgIpc) is 2.28. The first-order chi connectivity index (χ1) is 8.45. The van der Waals surface area contributed by atoms with E-state index >= 15 is 0 Å². The standard InChI is InChI=1S/C13H15F3O2/c1-18-8-4-6-11(17)9-10-5-2-3-7-12(10)13(14,15)16/h2-3,5,7H,4,6,8-9H2,1H3. The summed E-state index contributed by atoms with van der Waals surface area (Å²) in [7, 11) is 1.52. The molecule has 0 unspecified atom stereocenters. The van der Waals surface area contributed by atoms with E-state index < -0.39 is 11.7 Å². The number of carbonyl (C=O) groups excluding carboxylic acids is 1. The smallest absolute Gasteiger partial charge is 0.385 e. The first-order valence-electron chi connectivity index (χ1n) is 5.61. The van der Waals surface area contributed by atoms with Gasteiger partial charge < -0.3 is 4.74 Å². The van der Waals surface area contributed by atoms with Crippen LogP contribution in [0, 0.1) is 0 Å². The second-order valence-corrected chi connectivity index (χ2v) is 3.97. The predicted octanol–water partition coefficient (Wildman–Crippen LogP) is 3.24. The van der Waals surface area contributed by atoms with E-state index in [4.69, 9.17) is 4.74 Å². The van der Waals surface area contributed by atoms with Crippen LogP contribution in [0.3, 0.4) is 0 Å². The summed E-state index contributed by atoms with van der Waals surface area (Å²) in [5, 5.41) is 0. The van der Waals surface area contributed by atoms with E-state index in [-0.39, 0.29) is 24.2 Å². The molecule has 0 aliphatic heterocycles. The Hall–Kier alpha value is -1.36. The van der Waals surface area contributed by atoms with Crippen molar-refractivity contribution in [2.75, 3.05) is 13.7 Å². The minimum atomic E-state index is -4.41. The molecule has 0 aliphatic carbocycles. The highest BCUT2D eigenvalue weighted by Gasteiger charge is 2.33. The number of halogens is 3. The van der Waals surface area contributed by atoms with Crippen molar-refractivity contribution in [1.29, 1.82) is 0 Å². The van der Waals surface area contributed by atoms with Crippen LogP contribution in [0.2, 0.25) is 0 Å². The Morgan fingerprint density at radius 2 is 1.94 bits per heavy atom. The van der Waals surface area contributed by atoms with E-state index in [1.54, 1.807) is 0 Å².